The molecule has 0 unspecified atom stereocenters. The molecule has 2 amide bonds. The highest BCUT2D eigenvalue weighted by Crippen LogP contribution is 2.22. The SMILES string of the molecule is Cc1cc(C)cc(NC(=O)C(=O)NCc2ccc(C(=O)c3cccs3)s2)c1. The summed E-state index contributed by atoms with van der Waals surface area (Å²) in [6, 6.07) is 12.7. The zero-order valence-electron chi connectivity index (χ0n) is 14.9. The molecule has 27 heavy (non-hydrogen) atoms. The van der Waals surface area contributed by atoms with Crippen molar-refractivity contribution >= 4 is 46.0 Å². The zero-order valence-corrected chi connectivity index (χ0v) is 16.5. The van der Waals surface area contributed by atoms with Gasteiger partial charge in [-0.15, -0.1) is 22.7 Å². The van der Waals surface area contributed by atoms with Crippen LogP contribution in [0.2, 0.25) is 0 Å². The van der Waals surface area contributed by atoms with Gasteiger partial charge in [0.15, 0.2) is 0 Å². The summed E-state index contributed by atoms with van der Waals surface area (Å²) in [7, 11) is 0. The van der Waals surface area contributed by atoms with Crippen LogP contribution in [0.25, 0.3) is 0 Å². The van der Waals surface area contributed by atoms with Crippen LogP contribution in [0.3, 0.4) is 0 Å². The molecule has 2 aromatic heterocycles. The standard InChI is InChI=1S/C20H18N2O3S2/c1-12-8-13(2)10-14(9-12)22-20(25)19(24)21-11-15-5-6-17(27-15)18(23)16-4-3-7-26-16/h3-10H,11H2,1-2H3,(H,21,24)(H,22,25). The van der Waals surface area contributed by atoms with E-state index in [0.717, 1.165) is 16.0 Å². The Morgan fingerprint density at radius 1 is 0.926 bits per heavy atom. The number of nitrogens with one attached hydrogen (secondary N) is 2. The molecule has 0 atom stereocenters. The topological polar surface area (TPSA) is 75.3 Å². The Morgan fingerprint density at radius 3 is 2.33 bits per heavy atom. The predicted molar refractivity (Wildman–Crippen MR) is 108 cm³/mol. The molecular weight excluding hydrogens is 380 g/mol. The molecule has 0 bridgehead atoms. The fraction of sp³-hybridized carbons (Fsp3) is 0.150. The summed E-state index contributed by atoms with van der Waals surface area (Å²) in [5.74, 6) is -1.46. The summed E-state index contributed by atoms with van der Waals surface area (Å²) in [6.45, 7) is 4.05. The number of hydrogen-bond donors (Lipinski definition) is 2. The van der Waals surface area contributed by atoms with Crippen molar-refractivity contribution in [3.8, 4) is 0 Å². The average molecular weight is 399 g/mol. The van der Waals surface area contributed by atoms with Crippen LogP contribution in [-0.4, -0.2) is 17.6 Å². The zero-order chi connectivity index (χ0) is 19.4. The van der Waals surface area contributed by atoms with Crippen molar-refractivity contribution in [3.05, 3.63) is 73.6 Å². The molecule has 1 aromatic carbocycles. The highest BCUT2D eigenvalue weighted by atomic mass is 32.1. The van der Waals surface area contributed by atoms with Crippen LogP contribution in [0, 0.1) is 13.8 Å². The van der Waals surface area contributed by atoms with Crippen molar-refractivity contribution in [1.29, 1.82) is 0 Å². The summed E-state index contributed by atoms with van der Waals surface area (Å²) in [5.41, 5.74) is 2.60. The number of thiophene rings is 2. The number of amides is 2. The van der Waals surface area contributed by atoms with Gasteiger partial charge in [0.25, 0.3) is 0 Å². The lowest BCUT2D eigenvalue weighted by molar-refractivity contribution is -0.136. The summed E-state index contributed by atoms with van der Waals surface area (Å²) in [4.78, 5) is 38.5. The van der Waals surface area contributed by atoms with E-state index in [9.17, 15) is 14.4 Å². The lowest BCUT2D eigenvalue weighted by Gasteiger charge is -2.07. The van der Waals surface area contributed by atoms with Gasteiger partial charge in [-0.25, -0.2) is 0 Å². The third-order valence-corrected chi connectivity index (χ3v) is 5.69. The average Bonchev–Trinajstić information content (AvgIpc) is 3.30. The Kier molecular flexibility index (Phi) is 5.83. The second kappa shape index (κ2) is 8.28. The van der Waals surface area contributed by atoms with Gasteiger partial charge in [0.1, 0.15) is 0 Å². The van der Waals surface area contributed by atoms with Crippen LogP contribution in [0.15, 0.2) is 47.8 Å². The molecule has 3 rings (SSSR count). The van der Waals surface area contributed by atoms with E-state index in [2.05, 4.69) is 10.6 Å². The normalized spacial score (nSPS) is 10.4. The van der Waals surface area contributed by atoms with Gasteiger partial charge in [-0.05, 0) is 60.7 Å². The van der Waals surface area contributed by atoms with E-state index in [-0.39, 0.29) is 12.3 Å². The minimum atomic E-state index is -0.716. The monoisotopic (exact) mass is 398 g/mol. The first-order valence-corrected chi connectivity index (χ1v) is 9.96. The molecule has 7 heteroatoms. The minimum absolute atomic E-state index is 0.0277. The molecule has 0 saturated heterocycles. The van der Waals surface area contributed by atoms with Crippen LogP contribution in [0.5, 0.6) is 0 Å². The Morgan fingerprint density at radius 2 is 1.67 bits per heavy atom. The Labute approximate surface area is 165 Å². The van der Waals surface area contributed by atoms with Gasteiger partial charge in [-0.3, -0.25) is 14.4 Å². The van der Waals surface area contributed by atoms with E-state index in [0.29, 0.717) is 15.4 Å². The van der Waals surface area contributed by atoms with Crippen LogP contribution in [0.1, 0.15) is 30.6 Å². The number of benzene rings is 1. The van der Waals surface area contributed by atoms with Gasteiger partial charge in [0.2, 0.25) is 5.78 Å². The molecule has 0 aliphatic carbocycles. The molecular formula is C20H18N2O3S2. The van der Waals surface area contributed by atoms with Crippen molar-refractivity contribution in [2.75, 3.05) is 5.32 Å². The van der Waals surface area contributed by atoms with Gasteiger partial charge in [-0.1, -0.05) is 12.1 Å². The van der Waals surface area contributed by atoms with Gasteiger partial charge in [0.05, 0.1) is 16.3 Å². The van der Waals surface area contributed by atoms with E-state index >= 15 is 0 Å². The van der Waals surface area contributed by atoms with Crippen LogP contribution >= 0.6 is 22.7 Å². The van der Waals surface area contributed by atoms with E-state index in [1.807, 2.05) is 31.4 Å². The molecule has 3 aromatic rings. The van der Waals surface area contributed by atoms with Crippen molar-refractivity contribution < 1.29 is 14.4 Å². The van der Waals surface area contributed by atoms with Crippen LogP contribution in [0.4, 0.5) is 5.69 Å². The molecule has 0 fully saturated rings. The second-order valence-electron chi connectivity index (χ2n) is 6.09. The van der Waals surface area contributed by atoms with Crippen LogP contribution in [-0.2, 0) is 16.1 Å². The maximum Gasteiger partial charge on any atom is 0.313 e. The lowest BCUT2D eigenvalue weighted by atomic mass is 10.1. The summed E-state index contributed by atoms with van der Waals surface area (Å²) >= 11 is 2.71. The maximum absolute atomic E-state index is 12.3. The van der Waals surface area contributed by atoms with Gasteiger partial charge < -0.3 is 10.6 Å². The molecule has 5 nitrogen and oxygen atoms in total. The Balaban J connectivity index is 1.56. The molecule has 0 spiro atoms. The number of aryl methyl sites for hydroxylation is 2. The molecule has 0 radical (unpaired) electrons. The molecule has 0 aliphatic rings. The Bertz CT molecular complexity index is 970. The lowest BCUT2D eigenvalue weighted by Crippen LogP contribution is -2.34. The van der Waals surface area contributed by atoms with Gasteiger partial charge in [-0.2, -0.15) is 0 Å². The third-order valence-electron chi connectivity index (χ3n) is 3.74. The molecule has 2 N–H and O–H groups in total. The first-order valence-electron chi connectivity index (χ1n) is 8.27. The van der Waals surface area contributed by atoms with E-state index in [1.165, 1.54) is 22.7 Å². The second-order valence-corrected chi connectivity index (χ2v) is 8.20. The van der Waals surface area contributed by atoms with Crippen molar-refractivity contribution in [1.82, 2.24) is 5.32 Å². The Hall–Kier alpha value is -2.77. The summed E-state index contributed by atoms with van der Waals surface area (Å²) in [5, 5.41) is 7.04. The van der Waals surface area contributed by atoms with Crippen LogP contribution < -0.4 is 10.6 Å². The highest BCUT2D eigenvalue weighted by Gasteiger charge is 2.16. The smallest absolute Gasteiger partial charge is 0.313 e. The quantitative estimate of drug-likeness (QED) is 0.505. The number of rotatable bonds is 5. The maximum atomic E-state index is 12.3. The van der Waals surface area contributed by atoms with Crippen molar-refractivity contribution in [2.24, 2.45) is 0 Å². The third kappa shape index (κ3) is 4.90. The first kappa shape index (κ1) is 19.0. The van der Waals surface area contributed by atoms with E-state index < -0.39 is 11.8 Å². The number of anilines is 1. The fourth-order valence-corrected chi connectivity index (χ4v) is 4.25. The number of carbonyl (C=O) groups excluding carboxylic acids is 3. The minimum Gasteiger partial charge on any atom is -0.343 e. The largest absolute Gasteiger partial charge is 0.343 e. The molecule has 138 valence electrons. The number of hydrogen-bond acceptors (Lipinski definition) is 5. The summed E-state index contributed by atoms with van der Waals surface area (Å²) < 4.78 is 0. The van der Waals surface area contributed by atoms with Crippen molar-refractivity contribution in [2.45, 2.75) is 20.4 Å². The van der Waals surface area contributed by atoms with Crippen molar-refractivity contribution in [3.63, 3.8) is 0 Å². The molecule has 2 heterocycles. The predicted octanol–water partition coefficient (Wildman–Crippen LogP) is 3.91. The molecule has 0 aliphatic heterocycles. The van der Waals surface area contributed by atoms with Gasteiger partial charge >= 0.3 is 11.8 Å². The van der Waals surface area contributed by atoms with E-state index in [1.54, 1.807) is 30.3 Å². The van der Waals surface area contributed by atoms with Gasteiger partial charge in [0, 0.05) is 10.6 Å². The fourth-order valence-electron chi connectivity index (χ4n) is 2.61. The molecule has 0 saturated carbocycles. The van der Waals surface area contributed by atoms with E-state index in [4.69, 9.17) is 0 Å². The number of ketones is 1. The first-order chi connectivity index (χ1) is 12.9. The summed E-state index contributed by atoms with van der Waals surface area (Å²) in [6.07, 6.45) is 0. The highest BCUT2D eigenvalue weighted by molar-refractivity contribution is 7.16. The number of carbonyl (C=O) groups is 3.